The van der Waals surface area contributed by atoms with Gasteiger partial charge in [-0.2, -0.15) is 0 Å². The highest BCUT2D eigenvalue weighted by Gasteiger charge is 2.10. The Balaban J connectivity index is 1.77. The van der Waals surface area contributed by atoms with Gasteiger partial charge in [-0.3, -0.25) is 4.98 Å². The van der Waals surface area contributed by atoms with E-state index in [1.807, 2.05) is 49.6 Å². The van der Waals surface area contributed by atoms with Crippen LogP contribution in [0.15, 0.2) is 42.7 Å². The Kier molecular flexibility index (Phi) is 5.92. The Morgan fingerprint density at radius 3 is 2.59 bits per heavy atom. The van der Waals surface area contributed by atoms with Crippen LogP contribution in [0.2, 0.25) is 0 Å². The molecule has 0 radical (unpaired) electrons. The molecule has 1 heterocycles. The van der Waals surface area contributed by atoms with Crippen molar-refractivity contribution in [2.24, 2.45) is 0 Å². The van der Waals surface area contributed by atoms with Gasteiger partial charge in [0.1, 0.15) is 0 Å². The molecule has 0 bridgehead atoms. The molecular formula is C18H25N3O. The Morgan fingerprint density at radius 2 is 1.91 bits per heavy atom. The quantitative estimate of drug-likeness (QED) is 0.771. The maximum Gasteiger partial charge on any atom is 0.0803 e. The number of aliphatic hydroxyl groups is 1. The summed E-state index contributed by atoms with van der Waals surface area (Å²) >= 11 is 0. The maximum atomic E-state index is 10.3. The number of nitrogens with two attached hydrogens (primary N) is 1. The van der Waals surface area contributed by atoms with Gasteiger partial charge in [0.2, 0.25) is 0 Å². The number of hydrogen-bond donors (Lipinski definition) is 2. The van der Waals surface area contributed by atoms with Crippen LogP contribution in [0.5, 0.6) is 0 Å². The smallest absolute Gasteiger partial charge is 0.0803 e. The van der Waals surface area contributed by atoms with E-state index < -0.39 is 6.10 Å². The zero-order valence-electron chi connectivity index (χ0n) is 13.4. The van der Waals surface area contributed by atoms with Crippen molar-refractivity contribution in [3.05, 3.63) is 59.4 Å². The van der Waals surface area contributed by atoms with Crippen LogP contribution in [0, 0.1) is 6.92 Å². The lowest BCUT2D eigenvalue weighted by atomic mass is 10.0. The van der Waals surface area contributed by atoms with Crippen molar-refractivity contribution in [1.29, 1.82) is 0 Å². The summed E-state index contributed by atoms with van der Waals surface area (Å²) in [5.41, 5.74) is 9.87. The molecule has 0 aliphatic heterocycles. The summed E-state index contributed by atoms with van der Waals surface area (Å²) in [7, 11) is 2.08. The minimum Gasteiger partial charge on any atom is -0.399 e. The van der Waals surface area contributed by atoms with Crippen LogP contribution in [0.1, 0.15) is 29.2 Å². The SMILES string of the molecule is Cc1ccc(C(O)CCN(C)CCc2ccncc2)cc1N. The summed E-state index contributed by atoms with van der Waals surface area (Å²) in [6, 6.07) is 9.86. The minimum absolute atomic E-state index is 0.466. The Bertz CT molecular complexity index is 586. The molecule has 4 nitrogen and oxygen atoms in total. The molecule has 1 aromatic heterocycles. The standard InChI is InChI=1S/C18H25N3O/c1-14-3-4-16(13-17(14)19)18(22)8-12-21(2)11-7-15-5-9-20-10-6-15/h3-6,9-10,13,18,22H,7-8,11-12,19H2,1-2H3. The van der Waals surface area contributed by atoms with Gasteiger partial charge >= 0.3 is 0 Å². The molecule has 2 aromatic rings. The van der Waals surface area contributed by atoms with E-state index in [0.29, 0.717) is 6.42 Å². The van der Waals surface area contributed by atoms with Crippen LogP contribution >= 0.6 is 0 Å². The Hall–Kier alpha value is -1.91. The molecular weight excluding hydrogens is 274 g/mol. The molecule has 0 aliphatic rings. The van der Waals surface area contributed by atoms with Crippen LogP contribution in [0.3, 0.4) is 0 Å². The number of aliphatic hydroxyl groups excluding tert-OH is 1. The number of aryl methyl sites for hydroxylation is 1. The van der Waals surface area contributed by atoms with E-state index in [-0.39, 0.29) is 0 Å². The monoisotopic (exact) mass is 299 g/mol. The van der Waals surface area contributed by atoms with Crippen molar-refractivity contribution in [2.75, 3.05) is 25.9 Å². The summed E-state index contributed by atoms with van der Waals surface area (Å²) < 4.78 is 0. The third kappa shape index (κ3) is 4.83. The molecule has 0 fully saturated rings. The topological polar surface area (TPSA) is 62.4 Å². The molecule has 4 heteroatoms. The molecule has 1 aromatic carbocycles. The van der Waals surface area contributed by atoms with Gasteiger partial charge in [-0.1, -0.05) is 12.1 Å². The number of hydrogen-bond acceptors (Lipinski definition) is 4. The number of rotatable bonds is 7. The van der Waals surface area contributed by atoms with E-state index in [1.165, 1.54) is 5.56 Å². The Morgan fingerprint density at radius 1 is 1.18 bits per heavy atom. The first-order valence-corrected chi connectivity index (χ1v) is 7.68. The minimum atomic E-state index is -0.466. The summed E-state index contributed by atoms with van der Waals surface area (Å²) in [4.78, 5) is 6.26. The van der Waals surface area contributed by atoms with E-state index in [2.05, 4.69) is 16.9 Å². The van der Waals surface area contributed by atoms with Crippen molar-refractivity contribution in [3.63, 3.8) is 0 Å². The van der Waals surface area contributed by atoms with Crippen LogP contribution < -0.4 is 5.73 Å². The molecule has 0 saturated heterocycles. The number of nitrogen functional groups attached to an aromatic ring is 1. The predicted molar refractivity (Wildman–Crippen MR) is 90.6 cm³/mol. The molecule has 1 unspecified atom stereocenters. The number of aromatic nitrogens is 1. The van der Waals surface area contributed by atoms with Crippen LogP contribution in [0.4, 0.5) is 5.69 Å². The van der Waals surface area contributed by atoms with Gasteiger partial charge < -0.3 is 15.7 Å². The molecule has 0 saturated carbocycles. The Labute approximate surface area is 132 Å². The zero-order chi connectivity index (χ0) is 15.9. The van der Waals surface area contributed by atoms with Gasteiger partial charge in [0.15, 0.2) is 0 Å². The van der Waals surface area contributed by atoms with E-state index in [0.717, 1.165) is 36.3 Å². The number of nitrogens with zero attached hydrogens (tertiary/aromatic N) is 2. The number of anilines is 1. The van der Waals surface area contributed by atoms with Gasteiger partial charge in [-0.05, 0) is 61.7 Å². The number of likely N-dealkylation sites (N-methyl/N-ethyl adjacent to an activating group) is 1. The van der Waals surface area contributed by atoms with Crippen molar-refractivity contribution in [2.45, 2.75) is 25.9 Å². The second kappa shape index (κ2) is 7.92. The second-order valence-electron chi connectivity index (χ2n) is 5.83. The zero-order valence-corrected chi connectivity index (χ0v) is 13.4. The lowest BCUT2D eigenvalue weighted by molar-refractivity contribution is 0.149. The number of benzene rings is 1. The van der Waals surface area contributed by atoms with E-state index in [9.17, 15) is 5.11 Å². The van der Waals surface area contributed by atoms with Crippen molar-refractivity contribution < 1.29 is 5.11 Å². The highest BCUT2D eigenvalue weighted by molar-refractivity contribution is 5.48. The summed E-state index contributed by atoms with van der Waals surface area (Å²) in [6.45, 7) is 3.78. The average molecular weight is 299 g/mol. The molecule has 0 aliphatic carbocycles. The fraction of sp³-hybridized carbons (Fsp3) is 0.389. The third-order valence-electron chi connectivity index (χ3n) is 4.00. The van der Waals surface area contributed by atoms with Crippen molar-refractivity contribution >= 4 is 5.69 Å². The first kappa shape index (κ1) is 16.5. The van der Waals surface area contributed by atoms with Gasteiger partial charge in [0.25, 0.3) is 0 Å². The fourth-order valence-corrected chi connectivity index (χ4v) is 2.36. The second-order valence-corrected chi connectivity index (χ2v) is 5.83. The van der Waals surface area contributed by atoms with E-state index in [4.69, 9.17) is 5.73 Å². The normalized spacial score (nSPS) is 12.5. The fourth-order valence-electron chi connectivity index (χ4n) is 2.36. The molecule has 1 atom stereocenters. The molecule has 22 heavy (non-hydrogen) atoms. The third-order valence-corrected chi connectivity index (χ3v) is 4.00. The predicted octanol–water partition coefficient (Wildman–Crippen LogP) is 2.57. The molecule has 3 N–H and O–H groups in total. The van der Waals surface area contributed by atoms with E-state index in [1.54, 1.807) is 0 Å². The summed E-state index contributed by atoms with van der Waals surface area (Å²) in [5.74, 6) is 0. The average Bonchev–Trinajstić information content (AvgIpc) is 2.54. The van der Waals surface area contributed by atoms with Gasteiger partial charge in [-0.15, -0.1) is 0 Å². The van der Waals surface area contributed by atoms with Crippen LogP contribution in [0.25, 0.3) is 0 Å². The largest absolute Gasteiger partial charge is 0.399 e. The van der Waals surface area contributed by atoms with Gasteiger partial charge in [-0.25, -0.2) is 0 Å². The number of pyridine rings is 1. The van der Waals surface area contributed by atoms with Gasteiger partial charge in [0, 0.05) is 31.2 Å². The summed E-state index contributed by atoms with van der Waals surface area (Å²) in [6.07, 6.45) is 4.87. The molecule has 118 valence electrons. The first-order chi connectivity index (χ1) is 10.6. The lowest BCUT2D eigenvalue weighted by Gasteiger charge is -2.19. The van der Waals surface area contributed by atoms with Crippen LogP contribution in [-0.2, 0) is 6.42 Å². The highest BCUT2D eigenvalue weighted by atomic mass is 16.3. The molecule has 0 amide bonds. The van der Waals surface area contributed by atoms with Crippen molar-refractivity contribution in [3.8, 4) is 0 Å². The molecule has 2 rings (SSSR count). The summed E-state index contributed by atoms with van der Waals surface area (Å²) in [5, 5.41) is 10.3. The van der Waals surface area contributed by atoms with Gasteiger partial charge in [0.05, 0.1) is 6.10 Å². The maximum absolute atomic E-state index is 10.3. The first-order valence-electron chi connectivity index (χ1n) is 7.68. The molecule has 0 spiro atoms. The lowest BCUT2D eigenvalue weighted by Crippen LogP contribution is -2.24. The van der Waals surface area contributed by atoms with E-state index >= 15 is 0 Å². The highest BCUT2D eigenvalue weighted by Crippen LogP contribution is 2.21. The van der Waals surface area contributed by atoms with Crippen LogP contribution in [-0.4, -0.2) is 35.1 Å². The van der Waals surface area contributed by atoms with Crippen molar-refractivity contribution in [1.82, 2.24) is 9.88 Å².